The topological polar surface area (TPSA) is 50.6 Å². The Balaban J connectivity index is 1.69. The van der Waals surface area contributed by atoms with E-state index in [1.165, 1.54) is 6.07 Å². The van der Waals surface area contributed by atoms with Gasteiger partial charge in [-0.05, 0) is 39.8 Å². The van der Waals surface area contributed by atoms with Gasteiger partial charge < -0.3 is 14.5 Å². The van der Waals surface area contributed by atoms with E-state index in [1.807, 2.05) is 33.8 Å². The number of amides is 1. The van der Waals surface area contributed by atoms with Gasteiger partial charge >= 0.3 is 6.09 Å². The van der Waals surface area contributed by atoms with Crippen molar-refractivity contribution >= 4 is 11.9 Å². The third-order valence-corrected chi connectivity index (χ3v) is 4.28. The number of ether oxygens (including phenoxy) is 1. The van der Waals surface area contributed by atoms with Crippen molar-refractivity contribution in [1.82, 2.24) is 14.7 Å². The molecule has 1 amide bonds. The van der Waals surface area contributed by atoms with E-state index < -0.39 is 17.2 Å². The first-order valence-corrected chi connectivity index (χ1v) is 8.89. The molecule has 1 aliphatic heterocycles. The molecular weight excluding hydrogens is 354 g/mol. The Hall–Kier alpha value is -2.64. The molecule has 0 bridgehead atoms. The van der Waals surface area contributed by atoms with Gasteiger partial charge in [-0.1, -0.05) is 0 Å². The average molecular weight is 378 g/mol. The molecule has 3 rings (SSSR count). The van der Waals surface area contributed by atoms with Crippen LogP contribution in [0.25, 0.3) is 5.69 Å². The maximum absolute atomic E-state index is 13.5. The highest BCUT2D eigenvalue weighted by Crippen LogP contribution is 2.21. The lowest BCUT2D eigenvalue weighted by Gasteiger charge is -2.35. The minimum absolute atomic E-state index is 0.314. The number of carbonyl (C=O) groups excluding carboxylic acids is 1. The van der Waals surface area contributed by atoms with Gasteiger partial charge in [0.25, 0.3) is 0 Å². The number of hydrogen-bond donors (Lipinski definition) is 0. The number of aromatic nitrogens is 2. The molecular formula is C19H24F2N4O2. The van der Waals surface area contributed by atoms with Crippen molar-refractivity contribution in [2.24, 2.45) is 0 Å². The fourth-order valence-electron chi connectivity index (χ4n) is 2.94. The van der Waals surface area contributed by atoms with Crippen LogP contribution in [0.4, 0.5) is 19.4 Å². The Labute approximate surface area is 157 Å². The number of rotatable bonds is 2. The van der Waals surface area contributed by atoms with Crippen LogP contribution in [0.5, 0.6) is 0 Å². The van der Waals surface area contributed by atoms with Crippen molar-refractivity contribution in [3.63, 3.8) is 0 Å². The minimum atomic E-state index is -0.907. The number of hydrogen-bond acceptors (Lipinski definition) is 4. The second-order valence-corrected chi connectivity index (χ2v) is 7.61. The summed E-state index contributed by atoms with van der Waals surface area (Å²) in [4.78, 5) is 15.9. The molecule has 0 spiro atoms. The van der Waals surface area contributed by atoms with Crippen LogP contribution in [0.1, 0.15) is 26.5 Å². The normalized spacial score (nSPS) is 15.2. The molecule has 6 nitrogen and oxygen atoms in total. The van der Waals surface area contributed by atoms with Gasteiger partial charge in [-0.3, -0.25) is 0 Å². The maximum atomic E-state index is 13.5. The van der Waals surface area contributed by atoms with Gasteiger partial charge in [0, 0.05) is 44.0 Å². The molecule has 8 heteroatoms. The number of benzene rings is 1. The van der Waals surface area contributed by atoms with Gasteiger partial charge in [0.2, 0.25) is 0 Å². The van der Waals surface area contributed by atoms with Crippen LogP contribution in [0, 0.1) is 18.6 Å². The van der Waals surface area contributed by atoms with Crippen LogP contribution in [0.3, 0.4) is 0 Å². The van der Waals surface area contributed by atoms with Crippen LogP contribution in [-0.4, -0.2) is 52.6 Å². The predicted molar refractivity (Wildman–Crippen MR) is 98.2 cm³/mol. The second-order valence-electron chi connectivity index (χ2n) is 7.61. The zero-order valence-corrected chi connectivity index (χ0v) is 16.0. The number of aryl methyl sites for hydroxylation is 1. The molecule has 0 saturated carbocycles. The highest BCUT2D eigenvalue weighted by molar-refractivity contribution is 5.68. The zero-order chi connectivity index (χ0) is 19.8. The van der Waals surface area contributed by atoms with Gasteiger partial charge in [-0.25, -0.2) is 18.3 Å². The minimum Gasteiger partial charge on any atom is -0.444 e. The van der Waals surface area contributed by atoms with Crippen molar-refractivity contribution in [2.45, 2.75) is 33.3 Å². The van der Waals surface area contributed by atoms with E-state index in [-0.39, 0.29) is 6.09 Å². The first-order chi connectivity index (χ1) is 12.6. The number of halogens is 2. The van der Waals surface area contributed by atoms with Crippen LogP contribution < -0.4 is 4.90 Å². The quantitative estimate of drug-likeness (QED) is 0.802. The molecule has 0 unspecified atom stereocenters. The Morgan fingerprint density at radius 3 is 2.33 bits per heavy atom. The summed E-state index contributed by atoms with van der Waals surface area (Å²) in [6.45, 7) is 9.69. The van der Waals surface area contributed by atoms with Gasteiger partial charge in [-0.2, -0.15) is 5.10 Å². The lowest BCUT2D eigenvalue weighted by molar-refractivity contribution is 0.0240. The molecule has 1 saturated heterocycles. The predicted octanol–water partition coefficient (Wildman–Crippen LogP) is 3.52. The summed E-state index contributed by atoms with van der Waals surface area (Å²) >= 11 is 0. The van der Waals surface area contributed by atoms with Crippen molar-refractivity contribution < 1.29 is 18.3 Å². The van der Waals surface area contributed by atoms with Gasteiger partial charge in [0.15, 0.2) is 17.5 Å². The maximum Gasteiger partial charge on any atom is 0.410 e. The Morgan fingerprint density at radius 1 is 1.07 bits per heavy atom. The molecule has 0 aliphatic carbocycles. The highest BCUT2D eigenvalue weighted by atomic mass is 19.2. The molecule has 0 N–H and O–H groups in total. The second kappa shape index (κ2) is 7.17. The molecule has 1 fully saturated rings. The number of nitrogens with zero attached hydrogens (tertiary/aromatic N) is 4. The standard InChI is InChI=1S/C19H24F2N4O2/c1-13-11-17(22-25(13)14-5-6-15(20)16(21)12-14)23-7-9-24(10-8-23)18(26)27-19(2,3)4/h5-6,11-12H,7-10H2,1-4H3. The van der Waals surface area contributed by atoms with Crippen LogP contribution in [0.15, 0.2) is 24.3 Å². The summed E-state index contributed by atoms with van der Waals surface area (Å²) in [6, 6.07) is 5.59. The highest BCUT2D eigenvalue weighted by Gasteiger charge is 2.27. The van der Waals surface area contributed by atoms with Crippen LogP contribution in [0.2, 0.25) is 0 Å². The largest absolute Gasteiger partial charge is 0.444 e. The lowest BCUT2D eigenvalue weighted by Crippen LogP contribution is -2.50. The van der Waals surface area contributed by atoms with Crippen molar-refractivity contribution in [3.05, 3.63) is 41.6 Å². The summed E-state index contributed by atoms with van der Waals surface area (Å²) in [6.07, 6.45) is -0.314. The Bertz CT molecular complexity index is 837. The van der Waals surface area contributed by atoms with E-state index in [9.17, 15) is 13.6 Å². The van der Waals surface area contributed by atoms with Crippen molar-refractivity contribution in [2.75, 3.05) is 31.1 Å². The SMILES string of the molecule is Cc1cc(N2CCN(C(=O)OC(C)(C)C)CC2)nn1-c1ccc(F)c(F)c1. The van der Waals surface area contributed by atoms with Crippen molar-refractivity contribution in [1.29, 1.82) is 0 Å². The smallest absolute Gasteiger partial charge is 0.410 e. The molecule has 2 heterocycles. The van der Waals surface area contributed by atoms with Gasteiger partial charge in [0.1, 0.15) is 5.60 Å². The third kappa shape index (κ3) is 4.37. The van der Waals surface area contributed by atoms with E-state index in [4.69, 9.17) is 4.74 Å². The molecule has 146 valence electrons. The van der Waals surface area contributed by atoms with E-state index in [0.717, 1.165) is 23.6 Å². The van der Waals surface area contributed by atoms with E-state index in [1.54, 1.807) is 9.58 Å². The third-order valence-electron chi connectivity index (χ3n) is 4.28. The Morgan fingerprint density at radius 2 is 1.74 bits per heavy atom. The Kier molecular flexibility index (Phi) is 5.08. The molecule has 27 heavy (non-hydrogen) atoms. The summed E-state index contributed by atoms with van der Waals surface area (Å²) in [5.41, 5.74) is 0.754. The summed E-state index contributed by atoms with van der Waals surface area (Å²) in [7, 11) is 0. The number of piperazine rings is 1. The molecule has 0 radical (unpaired) electrons. The molecule has 1 aromatic heterocycles. The van der Waals surface area contributed by atoms with E-state index in [0.29, 0.717) is 31.9 Å². The summed E-state index contributed by atoms with van der Waals surface area (Å²) in [5, 5.41) is 4.52. The molecule has 2 aromatic rings. The summed E-state index contributed by atoms with van der Waals surface area (Å²) in [5.74, 6) is -1.06. The average Bonchev–Trinajstić information content (AvgIpc) is 2.98. The number of carbonyl (C=O) groups is 1. The van der Waals surface area contributed by atoms with Crippen molar-refractivity contribution in [3.8, 4) is 5.69 Å². The lowest BCUT2D eigenvalue weighted by atomic mass is 10.2. The first-order valence-electron chi connectivity index (χ1n) is 8.89. The zero-order valence-electron chi connectivity index (χ0n) is 16.0. The van der Waals surface area contributed by atoms with Crippen LogP contribution >= 0.6 is 0 Å². The molecule has 1 aliphatic rings. The first kappa shape index (κ1) is 19.1. The van der Waals surface area contributed by atoms with Gasteiger partial charge in [0.05, 0.1) is 5.69 Å². The monoisotopic (exact) mass is 378 g/mol. The van der Waals surface area contributed by atoms with E-state index >= 15 is 0 Å². The fraction of sp³-hybridized carbons (Fsp3) is 0.474. The van der Waals surface area contributed by atoms with Gasteiger partial charge in [-0.15, -0.1) is 0 Å². The number of anilines is 1. The van der Waals surface area contributed by atoms with Crippen LogP contribution in [-0.2, 0) is 4.74 Å². The molecule has 0 atom stereocenters. The molecule has 1 aromatic carbocycles. The fourth-order valence-corrected chi connectivity index (χ4v) is 2.94. The van der Waals surface area contributed by atoms with E-state index in [2.05, 4.69) is 10.00 Å². The summed E-state index contributed by atoms with van der Waals surface area (Å²) < 4.78 is 33.7.